The van der Waals surface area contributed by atoms with E-state index >= 15 is 0 Å². The Labute approximate surface area is 158 Å². The van der Waals surface area contributed by atoms with Crippen LogP contribution < -0.4 is 0 Å². The van der Waals surface area contributed by atoms with Crippen molar-refractivity contribution in [3.63, 3.8) is 0 Å². The van der Waals surface area contributed by atoms with Crippen molar-refractivity contribution in [2.45, 2.75) is 39.2 Å². The summed E-state index contributed by atoms with van der Waals surface area (Å²) in [6.07, 6.45) is 2.82. The summed E-state index contributed by atoms with van der Waals surface area (Å²) in [6, 6.07) is 8.82. The Hall–Kier alpha value is -2.73. The highest BCUT2D eigenvalue weighted by atomic mass is 16.4. The minimum atomic E-state index is -0.982. The first-order valence-corrected chi connectivity index (χ1v) is 9.16. The number of aliphatic hydroxyl groups is 1. The van der Waals surface area contributed by atoms with Crippen LogP contribution in [0.2, 0.25) is 0 Å². The van der Waals surface area contributed by atoms with Crippen LogP contribution in [0.15, 0.2) is 30.3 Å². The second-order valence-electron chi connectivity index (χ2n) is 7.00. The molecule has 27 heavy (non-hydrogen) atoms. The van der Waals surface area contributed by atoms with E-state index in [0.717, 1.165) is 24.8 Å². The molecule has 1 atom stereocenters. The first-order chi connectivity index (χ1) is 12.9. The quantitative estimate of drug-likeness (QED) is 0.866. The molecule has 0 radical (unpaired) electrons. The summed E-state index contributed by atoms with van der Waals surface area (Å²) < 4.78 is 0. The molecule has 1 aliphatic rings. The van der Waals surface area contributed by atoms with E-state index in [2.05, 4.69) is 4.98 Å². The summed E-state index contributed by atoms with van der Waals surface area (Å²) in [4.78, 5) is 30.3. The molecule has 2 N–H and O–H groups in total. The monoisotopic (exact) mass is 368 g/mol. The van der Waals surface area contributed by atoms with Crippen molar-refractivity contribution in [2.24, 2.45) is 0 Å². The Bertz CT molecular complexity index is 838. The molecule has 2 heterocycles. The van der Waals surface area contributed by atoms with Gasteiger partial charge in [0.25, 0.3) is 5.91 Å². The van der Waals surface area contributed by atoms with Gasteiger partial charge in [-0.1, -0.05) is 12.1 Å². The number of carbonyl (C=O) groups excluding carboxylic acids is 1. The number of piperidine rings is 1. The van der Waals surface area contributed by atoms with Gasteiger partial charge in [-0.15, -0.1) is 0 Å². The van der Waals surface area contributed by atoms with E-state index in [1.165, 1.54) is 0 Å². The van der Waals surface area contributed by atoms with Crippen molar-refractivity contribution in [3.8, 4) is 11.3 Å². The van der Waals surface area contributed by atoms with Crippen molar-refractivity contribution >= 4 is 11.9 Å². The smallest absolute Gasteiger partial charge is 0.337 e. The average molecular weight is 368 g/mol. The molecule has 6 nitrogen and oxygen atoms in total. The number of benzene rings is 1. The summed E-state index contributed by atoms with van der Waals surface area (Å²) >= 11 is 0. The number of rotatable bonds is 4. The number of carbonyl (C=O) groups is 2. The van der Waals surface area contributed by atoms with Crippen LogP contribution in [0.5, 0.6) is 0 Å². The molecule has 3 rings (SSSR count). The van der Waals surface area contributed by atoms with E-state index in [1.807, 2.05) is 12.1 Å². The van der Waals surface area contributed by atoms with Gasteiger partial charge in [0.2, 0.25) is 0 Å². The van der Waals surface area contributed by atoms with Gasteiger partial charge < -0.3 is 15.1 Å². The number of likely N-dealkylation sites (tertiary alicyclic amines) is 1. The van der Waals surface area contributed by atoms with E-state index in [9.17, 15) is 19.8 Å². The lowest BCUT2D eigenvalue weighted by atomic mass is 10.00. The summed E-state index contributed by atoms with van der Waals surface area (Å²) in [6.45, 7) is 4.10. The summed E-state index contributed by atoms with van der Waals surface area (Å²) in [5.74, 6) is -1.05. The molecule has 0 spiro atoms. The summed E-state index contributed by atoms with van der Waals surface area (Å²) in [5, 5.41) is 18.8. The lowest BCUT2D eigenvalue weighted by molar-refractivity contribution is 0.0503. The van der Waals surface area contributed by atoms with Gasteiger partial charge in [-0.2, -0.15) is 0 Å². The third kappa shape index (κ3) is 3.85. The highest BCUT2D eigenvalue weighted by Crippen LogP contribution is 2.24. The highest BCUT2D eigenvalue weighted by molar-refractivity contribution is 5.95. The van der Waals surface area contributed by atoms with Crippen molar-refractivity contribution in [3.05, 3.63) is 52.7 Å². The number of carboxylic acid groups (broad SMARTS) is 1. The van der Waals surface area contributed by atoms with E-state index in [1.54, 1.807) is 36.9 Å². The van der Waals surface area contributed by atoms with Gasteiger partial charge in [0, 0.05) is 17.7 Å². The van der Waals surface area contributed by atoms with E-state index in [0.29, 0.717) is 29.1 Å². The second-order valence-corrected chi connectivity index (χ2v) is 7.00. The highest BCUT2D eigenvalue weighted by Gasteiger charge is 2.26. The Kier molecular flexibility index (Phi) is 5.56. The Morgan fingerprint density at radius 2 is 1.89 bits per heavy atom. The first kappa shape index (κ1) is 19.0. The van der Waals surface area contributed by atoms with E-state index in [4.69, 9.17) is 0 Å². The lowest BCUT2D eigenvalue weighted by Gasteiger charge is -2.34. The standard InChI is InChI=1S/C21H24N2O4/c1-13-11-18(22-14(2)19(13)21(26)27)15-6-8-16(9-7-15)20(25)23-10-4-3-5-17(23)12-24/h6-9,11,17,24H,3-5,10,12H2,1-2H3,(H,26,27)/t17-/m0/s1. The number of aromatic carboxylic acids is 1. The van der Waals surface area contributed by atoms with Gasteiger partial charge in [0.05, 0.1) is 29.6 Å². The molecule has 1 fully saturated rings. The molecule has 0 aliphatic carbocycles. The summed E-state index contributed by atoms with van der Waals surface area (Å²) in [5.41, 5.74) is 3.44. The molecular formula is C21H24N2O4. The number of pyridine rings is 1. The Morgan fingerprint density at radius 3 is 2.48 bits per heavy atom. The zero-order valence-electron chi connectivity index (χ0n) is 15.6. The fraction of sp³-hybridized carbons (Fsp3) is 0.381. The van der Waals surface area contributed by atoms with Crippen LogP contribution in [0.1, 0.15) is 51.2 Å². The maximum atomic E-state index is 12.8. The van der Waals surface area contributed by atoms with Crippen molar-refractivity contribution in [2.75, 3.05) is 13.2 Å². The maximum Gasteiger partial charge on any atom is 0.337 e. The average Bonchev–Trinajstić information content (AvgIpc) is 2.66. The number of aryl methyl sites for hydroxylation is 2. The molecule has 2 aromatic rings. The number of aliphatic hydroxyl groups excluding tert-OH is 1. The minimum absolute atomic E-state index is 0.0117. The van der Waals surface area contributed by atoms with Crippen molar-refractivity contribution in [1.82, 2.24) is 9.88 Å². The second kappa shape index (κ2) is 7.88. The fourth-order valence-corrected chi connectivity index (χ4v) is 3.71. The minimum Gasteiger partial charge on any atom is -0.478 e. The molecule has 0 unspecified atom stereocenters. The Morgan fingerprint density at radius 1 is 1.19 bits per heavy atom. The zero-order valence-corrected chi connectivity index (χ0v) is 15.6. The predicted octanol–water partition coefficient (Wildman–Crippen LogP) is 3.05. The van der Waals surface area contributed by atoms with Gasteiger partial charge in [-0.05, 0) is 56.9 Å². The SMILES string of the molecule is Cc1cc(-c2ccc(C(=O)N3CCCC[C@H]3CO)cc2)nc(C)c1C(=O)O. The molecule has 1 amide bonds. The molecule has 142 valence electrons. The molecule has 6 heteroatoms. The molecule has 0 bridgehead atoms. The van der Waals surface area contributed by atoms with Gasteiger partial charge in [0.15, 0.2) is 0 Å². The van der Waals surface area contributed by atoms with Crippen LogP contribution in [-0.4, -0.2) is 51.2 Å². The number of nitrogens with zero attached hydrogens (tertiary/aromatic N) is 2. The van der Waals surface area contributed by atoms with Crippen LogP contribution >= 0.6 is 0 Å². The molecule has 1 aromatic heterocycles. The number of carboxylic acids is 1. The molecular weight excluding hydrogens is 344 g/mol. The zero-order chi connectivity index (χ0) is 19.6. The molecule has 0 saturated carbocycles. The largest absolute Gasteiger partial charge is 0.478 e. The van der Waals surface area contributed by atoms with Crippen molar-refractivity contribution < 1.29 is 19.8 Å². The third-order valence-corrected chi connectivity index (χ3v) is 5.14. The topological polar surface area (TPSA) is 90.7 Å². The van der Waals surface area contributed by atoms with Crippen LogP contribution in [0.4, 0.5) is 0 Å². The van der Waals surface area contributed by atoms with Gasteiger partial charge in [-0.3, -0.25) is 9.78 Å². The van der Waals surface area contributed by atoms with Gasteiger partial charge in [0.1, 0.15) is 0 Å². The lowest BCUT2D eigenvalue weighted by Crippen LogP contribution is -2.45. The van der Waals surface area contributed by atoms with Gasteiger partial charge >= 0.3 is 5.97 Å². The maximum absolute atomic E-state index is 12.8. The predicted molar refractivity (Wildman–Crippen MR) is 102 cm³/mol. The molecule has 1 saturated heterocycles. The van der Waals surface area contributed by atoms with Crippen LogP contribution in [0.25, 0.3) is 11.3 Å². The number of hydrogen-bond acceptors (Lipinski definition) is 4. The van der Waals surface area contributed by atoms with Crippen LogP contribution in [0.3, 0.4) is 0 Å². The van der Waals surface area contributed by atoms with Crippen LogP contribution in [-0.2, 0) is 0 Å². The van der Waals surface area contributed by atoms with Gasteiger partial charge in [-0.25, -0.2) is 4.79 Å². The van der Waals surface area contributed by atoms with E-state index in [-0.39, 0.29) is 24.1 Å². The number of aromatic nitrogens is 1. The van der Waals surface area contributed by atoms with Crippen molar-refractivity contribution in [1.29, 1.82) is 0 Å². The third-order valence-electron chi connectivity index (χ3n) is 5.14. The summed E-state index contributed by atoms with van der Waals surface area (Å²) in [7, 11) is 0. The number of hydrogen-bond donors (Lipinski definition) is 2. The molecule has 1 aromatic carbocycles. The number of amides is 1. The van der Waals surface area contributed by atoms with E-state index < -0.39 is 5.97 Å². The molecule has 1 aliphatic heterocycles. The van der Waals surface area contributed by atoms with Crippen LogP contribution in [0, 0.1) is 13.8 Å². The Balaban J connectivity index is 1.85. The fourth-order valence-electron chi connectivity index (χ4n) is 3.71. The normalized spacial score (nSPS) is 17.0. The first-order valence-electron chi connectivity index (χ1n) is 9.16.